The minimum atomic E-state index is 0.206. The van der Waals surface area contributed by atoms with Crippen LogP contribution in [0.15, 0.2) is 0 Å². The molecule has 1 aliphatic carbocycles. The summed E-state index contributed by atoms with van der Waals surface area (Å²) in [6.07, 6.45) is 9.48. The Morgan fingerprint density at radius 2 is 2.05 bits per heavy atom. The first kappa shape index (κ1) is 15.1. The van der Waals surface area contributed by atoms with Crippen LogP contribution in [0, 0.1) is 5.92 Å². The molecular weight excluding hydrogens is 270 g/mol. The zero-order valence-corrected chi connectivity index (χ0v) is 13.6. The van der Waals surface area contributed by atoms with E-state index in [1.54, 1.807) is 0 Å². The van der Waals surface area contributed by atoms with Crippen LogP contribution >= 0.6 is 11.8 Å². The highest BCUT2D eigenvalue weighted by Gasteiger charge is 2.42. The van der Waals surface area contributed by atoms with E-state index in [0.717, 1.165) is 30.6 Å². The first-order valence-electron chi connectivity index (χ1n) is 8.34. The summed E-state index contributed by atoms with van der Waals surface area (Å²) in [7, 11) is 2.11. The quantitative estimate of drug-likeness (QED) is 0.868. The second-order valence-corrected chi connectivity index (χ2v) is 7.79. The lowest BCUT2D eigenvalue weighted by atomic mass is 9.73. The molecule has 0 aromatic rings. The summed E-state index contributed by atoms with van der Waals surface area (Å²) < 4.78 is 12.3. The van der Waals surface area contributed by atoms with Gasteiger partial charge in [0.05, 0.1) is 18.3 Å². The van der Waals surface area contributed by atoms with Crippen molar-refractivity contribution in [2.45, 2.75) is 62.7 Å². The number of hydrogen-bond acceptors (Lipinski definition) is 4. The SMILES string of the molecule is CNC(C1CCOC2(CCCCC2)C1)C1CSCCO1. The van der Waals surface area contributed by atoms with Crippen LogP contribution in [0.5, 0.6) is 0 Å². The van der Waals surface area contributed by atoms with Gasteiger partial charge in [-0.2, -0.15) is 11.8 Å². The first-order chi connectivity index (χ1) is 9.83. The highest BCUT2D eigenvalue weighted by Crippen LogP contribution is 2.42. The van der Waals surface area contributed by atoms with Crippen molar-refractivity contribution in [1.29, 1.82) is 0 Å². The highest BCUT2D eigenvalue weighted by molar-refractivity contribution is 7.99. The lowest BCUT2D eigenvalue weighted by Crippen LogP contribution is -2.53. The van der Waals surface area contributed by atoms with E-state index >= 15 is 0 Å². The van der Waals surface area contributed by atoms with E-state index in [9.17, 15) is 0 Å². The van der Waals surface area contributed by atoms with Gasteiger partial charge in [0, 0.05) is 24.2 Å². The van der Waals surface area contributed by atoms with Gasteiger partial charge in [-0.05, 0) is 38.6 Å². The Bertz CT molecular complexity index is 295. The van der Waals surface area contributed by atoms with Gasteiger partial charge < -0.3 is 14.8 Å². The molecule has 20 heavy (non-hydrogen) atoms. The number of rotatable bonds is 3. The van der Waals surface area contributed by atoms with Crippen molar-refractivity contribution in [3.8, 4) is 0 Å². The molecule has 0 radical (unpaired) electrons. The van der Waals surface area contributed by atoms with Crippen LogP contribution in [-0.4, -0.2) is 49.5 Å². The molecule has 2 aliphatic heterocycles. The molecule has 0 amide bonds. The molecule has 4 heteroatoms. The summed E-state index contributed by atoms with van der Waals surface area (Å²) in [6.45, 7) is 1.87. The molecule has 1 spiro atoms. The summed E-state index contributed by atoms with van der Waals surface area (Å²) in [5, 5.41) is 3.57. The molecule has 3 atom stereocenters. The Hall–Kier alpha value is 0.230. The summed E-state index contributed by atoms with van der Waals surface area (Å²) in [5.41, 5.74) is 0.206. The molecule has 0 aromatic carbocycles. The first-order valence-corrected chi connectivity index (χ1v) is 9.49. The second kappa shape index (κ2) is 6.99. The maximum Gasteiger partial charge on any atom is 0.0821 e. The third-order valence-electron chi connectivity index (χ3n) is 5.38. The van der Waals surface area contributed by atoms with Gasteiger partial charge in [0.15, 0.2) is 0 Å². The molecule has 2 saturated heterocycles. The summed E-state index contributed by atoms with van der Waals surface area (Å²) >= 11 is 2.04. The van der Waals surface area contributed by atoms with E-state index in [2.05, 4.69) is 12.4 Å². The van der Waals surface area contributed by atoms with Gasteiger partial charge in [0.2, 0.25) is 0 Å². The fraction of sp³-hybridized carbons (Fsp3) is 1.00. The monoisotopic (exact) mass is 299 g/mol. The lowest BCUT2D eigenvalue weighted by molar-refractivity contribution is -0.128. The molecule has 3 unspecified atom stereocenters. The van der Waals surface area contributed by atoms with Crippen LogP contribution in [0.1, 0.15) is 44.9 Å². The minimum Gasteiger partial charge on any atom is -0.375 e. The molecule has 0 aromatic heterocycles. The van der Waals surface area contributed by atoms with Crippen molar-refractivity contribution in [2.75, 3.05) is 31.8 Å². The number of ether oxygens (including phenoxy) is 2. The van der Waals surface area contributed by atoms with Crippen LogP contribution in [0.3, 0.4) is 0 Å². The summed E-state index contributed by atoms with van der Waals surface area (Å²) in [5.74, 6) is 3.02. The normalized spacial score (nSPS) is 35.9. The number of hydrogen-bond donors (Lipinski definition) is 1. The van der Waals surface area contributed by atoms with Gasteiger partial charge in [0.1, 0.15) is 0 Å². The van der Waals surface area contributed by atoms with Gasteiger partial charge in [-0.25, -0.2) is 0 Å². The number of likely N-dealkylation sites (N-methyl/N-ethyl adjacent to an activating group) is 1. The largest absolute Gasteiger partial charge is 0.375 e. The molecule has 2 heterocycles. The van der Waals surface area contributed by atoms with Crippen molar-refractivity contribution in [1.82, 2.24) is 5.32 Å². The molecule has 3 nitrogen and oxygen atoms in total. The van der Waals surface area contributed by atoms with Gasteiger partial charge in [-0.15, -0.1) is 0 Å². The van der Waals surface area contributed by atoms with E-state index in [1.807, 2.05) is 11.8 Å². The van der Waals surface area contributed by atoms with Gasteiger partial charge in [-0.1, -0.05) is 19.3 Å². The zero-order valence-electron chi connectivity index (χ0n) is 12.7. The van der Waals surface area contributed by atoms with Crippen molar-refractivity contribution in [3.63, 3.8) is 0 Å². The fourth-order valence-electron chi connectivity index (χ4n) is 4.36. The minimum absolute atomic E-state index is 0.206. The molecular formula is C16H29NO2S. The zero-order chi connectivity index (χ0) is 13.8. The Balaban J connectivity index is 1.64. The summed E-state index contributed by atoms with van der Waals surface area (Å²) in [4.78, 5) is 0. The van der Waals surface area contributed by atoms with Crippen LogP contribution in [0.25, 0.3) is 0 Å². The highest BCUT2D eigenvalue weighted by atomic mass is 32.2. The average Bonchev–Trinajstić information content (AvgIpc) is 2.50. The van der Waals surface area contributed by atoms with Crippen LogP contribution in [-0.2, 0) is 9.47 Å². The van der Waals surface area contributed by atoms with E-state index < -0.39 is 0 Å². The van der Waals surface area contributed by atoms with E-state index in [-0.39, 0.29) is 5.60 Å². The van der Waals surface area contributed by atoms with E-state index in [1.165, 1.54) is 44.9 Å². The van der Waals surface area contributed by atoms with E-state index in [4.69, 9.17) is 9.47 Å². The predicted octanol–water partition coefficient (Wildman–Crippen LogP) is 2.84. The second-order valence-electron chi connectivity index (χ2n) is 6.64. The average molecular weight is 299 g/mol. The van der Waals surface area contributed by atoms with Gasteiger partial charge >= 0.3 is 0 Å². The fourth-order valence-corrected chi connectivity index (χ4v) is 5.27. The molecule has 3 rings (SSSR count). The third-order valence-corrected chi connectivity index (χ3v) is 6.40. The molecule has 3 aliphatic rings. The standard InChI is InChI=1S/C16H29NO2S/c1-17-15(14-12-20-10-9-18-14)13-5-8-19-16(11-13)6-3-2-4-7-16/h13-15,17H,2-12H2,1H3. The topological polar surface area (TPSA) is 30.5 Å². The Morgan fingerprint density at radius 3 is 2.75 bits per heavy atom. The Kier molecular flexibility index (Phi) is 5.29. The van der Waals surface area contributed by atoms with Crippen LogP contribution in [0.2, 0.25) is 0 Å². The summed E-state index contributed by atoms with van der Waals surface area (Å²) in [6, 6.07) is 0.505. The molecule has 0 bridgehead atoms. The van der Waals surface area contributed by atoms with Gasteiger partial charge in [0.25, 0.3) is 0 Å². The van der Waals surface area contributed by atoms with E-state index in [0.29, 0.717) is 12.1 Å². The van der Waals surface area contributed by atoms with Crippen LogP contribution in [0.4, 0.5) is 0 Å². The maximum absolute atomic E-state index is 6.24. The number of thioether (sulfide) groups is 1. The third kappa shape index (κ3) is 3.34. The number of nitrogens with one attached hydrogen (secondary N) is 1. The lowest BCUT2D eigenvalue weighted by Gasteiger charge is -2.47. The molecule has 1 N–H and O–H groups in total. The van der Waals surface area contributed by atoms with Gasteiger partial charge in [-0.3, -0.25) is 0 Å². The van der Waals surface area contributed by atoms with Crippen molar-refractivity contribution in [3.05, 3.63) is 0 Å². The molecule has 1 saturated carbocycles. The maximum atomic E-state index is 6.24. The van der Waals surface area contributed by atoms with Crippen LogP contribution < -0.4 is 5.32 Å². The smallest absolute Gasteiger partial charge is 0.0821 e. The Morgan fingerprint density at radius 1 is 1.20 bits per heavy atom. The Labute approximate surface area is 127 Å². The van der Waals surface area contributed by atoms with Crippen molar-refractivity contribution >= 4 is 11.8 Å². The van der Waals surface area contributed by atoms with Crippen molar-refractivity contribution < 1.29 is 9.47 Å². The van der Waals surface area contributed by atoms with Crippen molar-refractivity contribution in [2.24, 2.45) is 5.92 Å². The molecule has 116 valence electrons. The predicted molar refractivity (Wildman–Crippen MR) is 84.4 cm³/mol. The molecule has 3 fully saturated rings.